The van der Waals surface area contributed by atoms with Gasteiger partial charge < -0.3 is 15.5 Å². The molecule has 1 amide bonds. The average Bonchev–Trinajstić information content (AvgIpc) is 2.95. The zero-order valence-corrected chi connectivity index (χ0v) is 11.8. The fraction of sp³-hybridized carbons (Fsp3) is 0.750. The summed E-state index contributed by atoms with van der Waals surface area (Å²) in [6.45, 7) is 4.35. The van der Waals surface area contributed by atoms with Gasteiger partial charge in [0.1, 0.15) is 6.54 Å². The maximum Gasteiger partial charge on any atom is 0.244 e. The van der Waals surface area contributed by atoms with E-state index in [1.807, 2.05) is 4.90 Å². The van der Waals surface area contributed by atoms with Crippen molar-refractivity contribution >= 4 is 5.91 Å². The van der Waals surface area contributed by atoms with Gasteiger partial charge in [-0.2, -0.15) is 0 Å². The molecule has 2 atom stereocenters. The third-order valence-electron chi connectivity index (χ3n) is 3.68. The average molecular weight is 266 g/mol. The Balaban J connectivity index is 1.94. The molecule has 1 fully saturated rings. The first-order valence-corrected chi connectivity index (χ1v) is 6.54. The number of hydrogen-bond acceptors (Lipinski definition) is 5. The fourth-order valence-corrected chi connectivity index (χ4v) is 2.57. The second-order valence-electron chi connectivity index (χ2n) is 5.42. The number of likely N-dealkylation sites (tertiary alicyclic amines) is 1. The van der Waals surface area contributed by atoms with Crippen LogP contribution in [0.5, 0.6) is 0 Å². The predicted molar refractivity (Wildman–Crippen MR) is 71.1 cm³/mol. The van der Waals surface area contributed by atoms with Gasteiger partial charge in [0, 0.05) is 25.7 Å². The molecule has 0 saturated carbocycles. The summed E-state index contributed by atoms with van der Waals surface area (Å²) >= 11 is 0. The van der Waals surface area contributed by atoms with Crippen LogP contribution in [0.3, 0.4) is 0 Å². The Hall–Kier alpha value is -1.47. The van der Waals surface area contributed by atoms with E-state index in [0.717, 1.165) is 13.1 Å². The Morgan fingerprint density at radius 1 is 1.53 bits per heavy atom. The summed E-state index contributed by atoms with van der Waals surface area (Å²) < 4.78 is 1.55. The van der Waals surface area contributed by atoms with E-state index in [1.165, 1.54) is 0 Å². The number of carbonyl (C=O) groups excluding carboxylic acids is 1. The van der Waals surface area contributed by atoms with Crippen LogP contribution in [0.25, 0.3) is 0 Å². The highest BCUT2D eigenvalue weighted by Gasteiger charge is 2.33. The Kier molecular flexibility index (Phi) is 4.16. The normalized spacial score (nSPS) is 23.3. The van der Waals surface area contributed by atoms with Gasteiger partial charge in [0.2, 0.25) is 5.91 Å². The number of carbonyl (C=O) groups is 1. The lowest BCUT2D eigenvalue weighted by atomic mass is 10.1. The van der Waals surface area contributed by atoms with Crippen LogP contribution in [0, 0.1) is 5.92 Å². The highest BCUT2D eigenvalue weighted by Crippen LogP contribution is 2.20. The van der Waals surface area contributed by atoms with Crippen LogP contribution in [0.4, 0.5) is 0 Å². The van der Waals surface area contributed by atoms with Gasteiger partial charge >= 0.3 is 0 Å². The highest BCUT2D eigenvalue weighted by molar-refractivity contribution is 5.76. The number of nitrogens with zero attached hydrogens (tertiary/aromatic N) is 5. The summed E-state index contributed by atoms with van der Waals surface area (Å²) in [5.74, 6) is 0.582. The first-order chi connectivity index (χ1) is 9.01. The van der Waals surface area contributed by atoms with E-state index in [9.17, 15) is 4.79 Å². The zero-order chi connectivity index (χ0) is 14.0. The summed E-state index contributed by atoms with van der Waals surface area (Å²) in [4.78, 5) is 16.3. The minimum absolute atomic E-state index is 0.0877. The topological polar surface area (TPSA) is 80.3 Å². The van der Waals surface area contributed by atoms with Crippen LogP contribution < -0.4 is 5.73 Å². The zero-order valence-electron chi connectivity index (χ0n) is 11.8. The molecule has 1 aromatic rings. The molecule has 1 aromatic heterocycles. The van der Waals surface area contributed by atoms with Crippen LogP contribution in [0.1, 0.15) is 12.6 Å². The van der Waals surface area contributed by atoms with Gasteiger partial charge in [-0.15, -0.1) is 5.10 Å². The van der Waals surface area contributed by atoms with Gasteiger partial charge in [-0.25, -0.2) is 4.68 Å². The van der Waals surface area contributed by atoms with E-state index >= 15 is 0 Å². The molecule has 0 spiro atoms. The van der Waals surface area contributed by atoms with Crippen LogP contribution >= 0.6 is 0 Å². The van der Waals surface area contributed by atoms with E-state index in [1.54, 1.807) is 10.9 Å². The van der Waals surface area contributed by atoms with Crippen molar-refractivity contribution < 1.29 is 4.79 Å². The molecule has 2 heterocycles. The molecule has 19 heavy (non-hydrogen) atoms. The Morgan fingerprint density at radius 3 is 2.79 bits per heavy atom. The molecule has 7 nitrogen and oxygen atoms in total. The molecule has 2 rings (SSSR count). The van der Waals surface area contributed by atoms with E-state index < -0.39 is 0 Å². The van der Waals surface area contributed by atoms with Gasteiger partial charge in [-0.05, 0) is 20.0 Å². The summed E-state index contributed by atoms with van der Waals surface area (Å²) in [5, 5.41) is 7.78. The molecular weight excluding hydrogens is 244 g/mol. The van der Waals surface area contributed by atoms with Crippen molar-refractivity contribution in [2.75, 3.05) is 27.2 Å². The van der Waals surface area contributed by atoms with Crippen LogP contribution in [-0.4, -0.2) is 63.9 Å². The van der Waals surface area contributed by atoms with E-state index in [4.69, 9.17) is 5.73 Å². The largest absolute Gasteiger partial charge is 0.339 e. The van der Waals surface area contributed by atoms with Crippen LogP contribution in [0.15, 0.2) is 6.20 Å². The van der Waals surface area contributed by atoms with Crippen LogP contribution in [0.2, 0.25) is 0 Å². The van der Waals surface area contributed by atoms with Gasteiger partial charge in [0.25, 0.3) is 0 Å². The molecule has 7 heteroatoms. The van der Waals surface area contributed by atoms with Crippen LogP contribution in [-0.2, 0) is 17.9 Å². The lowest BCUT2D eigenvalue weighted by molar-refractivity contribution is -0.131. The minimum atomic E-state index is 0.0877. The summed E-state index contributed by atoms with van der Waals surface area (Å²) in [5.41, 5.74) is 6.17. The highest BCUT2D eigenvalue weighted by atomic mass is 16.2. The molecule has 1 saturated heterocycles. The van der Waals surface area contributed by atoms with Gasteiger partial charge in [-0.3, -0.25) is 4.79 Å². The first kappa shape index (κ1) is 14.0. The molecule has 0 bridgehead atoms. The van der Waals surface area contributed by atoms with Crippen molar-refractivity contribution in [3.05, 3.63) is 11.9 Å². The molecule has 2 unspecified atom stereocenters. The second-order valence-corrected chi connectivity index (χ2v) is 5.42. The fourth-order valence-electron chi connectivity index (χ4n) is 2.57. The third-order valence-corrected chi connectivity index (χ3v) is 3.68. The lowest BCUT2D eigenvalue weighted by Gasteiger charge is -2.22. The Labute approximate surface area is 113 Å². The number of aromatic nitrogens is 3. The summed E-state index contributed by atoms with van der Waals surface area (Å²) in [7, 11) is 4.11. The van der Waals surface area contributed by atoms with E-state index in [0.29, 0.717) is 24.2 Å². The van der Waals surface area contributed by atoms with Gasteiger partial charge in [0.15, 0.2) is 0 Å². The van der Waals surface area contributed by atoms with Crippen molar-refractivity contribution in [2.24, 2.45) is 11.7 Å². The standard InChI is InChI=1S/C12H22N6O/c1-9-5-17(7-11(9)16(2)3)12(19)8-18-6-10(4-13)14-15-18/h6,9,11H,4-5,7-8,13H2,1-3H3. The van der Waals surface area contributed by atoms with Crippen molar-refractivity contribution in [1.82, 2.24) is 24.8 Å². The lowest BCUT2D eigenvalue weighted by Crippen LogP contribution is -2.36. The Bertz CT molecular complexity index is 443. The molecule has 106 valence electrons. The van der Waals surface area contributed by atoms with Gasteiger partial charge in [0.05, 0.1) is 11.9 Å². The molecule has 0 radical (unpaired) electrons. The maximum absolute atomic E-state index is 12.2. The number of rotatable bonds is 4. The molecule has 0 aromatic carbocycles. The number of likely N-dealkylation sites (N-methyl/N-ethyl adjacent to an activating group) is 1. The molecule has 1 aliphatic heterocycles. The van der Waals surface area contributed by atoms with Crippen molar-refractivity contribution in [1.29, 1.82) is 0 Å². The van der Waals surface area contributed by atoms with E-state index in [-0.39, 0.29) is 12.5 Å². The summed E-state index contributed by atoms with van der Waals surface area (Å²) in [6, 6.07) is 0.430. The van der Waals surface area contributed by atoms with Gasteiger partial charge in [-0.1, -0.05) is 12.1 Å². The van der Waals surface area contributed by atoms with Crippen molar-refractivity contribution in [3.63, 3.8) is 0 Å². The van der Waals surface area contributed by atoms with Crippen molar-refractivity contribution in [3.8, 4) is 0 Å². The van der Waals surface area contributed by atoms with E-state index in [2.05, 4.69) is 36.2 Å². The molecule has 0 aliphatic carbocycles. The van der Waals surface area contributed by atoms with Crippen molar-refractivity contribution in [2.45, 2.75) is 26.1 Å². The molecule has 1 aliphatic rings. The molecule has 2 N–H and O–H groups in total. The second kappa shape index (κ2) is 5.66. The third kappa shape index (κ3) is 3.10. The monoisotopic (exact) mass is 266 g/mol. The number of hydrogen-bond donors (Lipinski definition) is 1. The quantitative estimate of drug-likeness (QED) is 0.767. The summed E-state index contributed by atoms with van der Waals surface area (Å²) in [6.07, 6.45) is 1.72. The molecular formula is C12H22N6O. The number of nitrogens with two attached hydrogens (primary N) is 1. The minimum Gasteiger partial charge on any atom is -0.339 e. The SMILES string of the molecule is CC1CN(C(=O)Cn2cc(CN)nn2)CC1N(C)C. The first-order valence-electron chi connectivity index (χ1n) is 6.54. The smallest absolute Gasteiger partial charge is 0.244 e. The predicted octanol–water partition coefficient (Wildman–Crippen LogP) is -0.855. The number of amides is 1. The Morgan fingerprint density at radius 2 is 2.26 bits per heavy atom. The maximum atomic E-state index is 12.2.